The molecule has 0 aliphatic heterocycles. The van der Waals surface area contributed by atoms with E-state index in [0.29, 0.717) is 11.1 Å². The van der Waals surface area contributed by atoms with Gasteiger partial charge in [-0.15, -0.1) is 0 Å². The minimum atomic E-state index is -4.04. The first kappa shape index (κ1) is 18.4. The maximum Gasteiger partial charge on any atom is 0.358 e. The molecule has 7 heteroatoms. The molecule has 0 saturated heterocycles. The summed E-state index contributed by atoms with van der Waals surface area (Å²) < 4.78 is 29.2. The molecule has 1 aromatic rings. The van der Waals surface area contributed by atoms with Crippen LogP contribution >= 0.6 is 11.6 Å². The van der Waals surface area contributed by atoms with Crippen LogP contribution in [0.4, 0.5) is 0 Å². The van der Waals surface area contributed by atoms with E-state index in [9.17, 15) is 13.2 Å². The van der Waals surface area contributed by atoms with E-state index in [1.807, 2.05) is 20.8 Å². The molecular formula is C17H18ClNO4S. The maximum absolute atomic E-state index is 12.2. The molecule has 0 atom stereocenters. The lowest BCUT2D eigenvalue weighted by Gasteiger charge is -2.17. The van der Waals surface area contributed by atoms with Crippen LogP contribution in [0.5, 0.6) is 0 Å². The van der Waals surface area contributed by atoms with Gasteiger partial charge in [0.05, 0.1) is 5.03 Å². The van der Waals surface area contributed by atoms with E-state index in [1.54, 1.807) is 19.1 Å². The van der Waals surface area contributed by atoms with E-state index >= 15 is 0 Å². The number of carbonyl (C=O) groups excluding carboxylic acids is 1. The zero-order valence-corrected chi connectivity index (χ0v) is 15.4. The van der Waals surface area contributed by atoms with Gasteiger partial charge in [0, 0.05) is 11.1 Å². The Kier molecular flexibility index (Phi) is 5.30. The molecule has 0 heterocycles. The van der Waals surface area contributed by atoms with Gasteiger partial charge in [-0.25, -0.2) is 0 Å². The summed E-state index contributed by atoms with van der Waals surface area (Å²) in [6, 6.07) is 6.23. The van der Waals surface area contributed by atoms with Crippen LogP contribution in [-0.4, -0.2) is 19.9 Å². The number of benzene rings is 1. The highest BCUT2D eigenvalue weighted by molar-refractivity contribution is 7.86. The third-order valence-electron chi connectivity index (χ3n) is 3.63. The van der Waals surface area contributed by atoms with Gasteiger partial charge in [-0.2, -0.15) is 8.42 Å². The van der Waals surface area contributed by atoms with Crippen molar-refractivity contribution in [3.8, 4) is 0 Å². The van der Waals surface area contributed by atoms with Crippen LogP contribution in [0.25, 0.3) is 0 Å². The van der Waals surface area contributed by atoms with Crippen LogP contribution in [0.1, 0.15) is 26.3 Å². The van der Waals surface area contributed by atoms with E-state index < -0.39 is 10.1 Å². The Morgan fingerprint density at radius 3 is 2.25 bits per heavy atom. The number of carbonyl (C=O) groups is 1. The second-order valence-corrected chi connectivity index (χ2v) is 7.75. The minimum Gasteiger partial charge on any atom is -0.288 e. The number of aryl methyl sites for hydroxylation is 1. The number of hydrogen-bond acceptors (Lipinski definition) is 5. The average Bonchev–Trinajstić information content (AvgIpc) is 2.52. The summed E-state index contributed by atoms with van der Waals surface area (Å²) in [5.74, 6) is -0.345. The highest BCUT2D eigenvalue weighted by Gasteiger charge is 2.26. The van der Waals surface area contributed by atoms with Gasteiger partial charge in [0.2, 0.25) is 5.78 Å². The molecule has 0 N–H and O–H groups in total. The molecule has 0 saturated carbocycles. The van der Waals surface area contributed by atoms with E-state index in [2.05, 4.69) is 5.16 Å². The van der Waals surface area contributed by atoms with Gasteiger partial charge < -0.3 is 0 Å². The normalized spacial score (nSPS) is 17.5. The van der Waals surface area contributed by atoms with Crippen LogP contribution in [0.15, 0.2) is 56.6 Å². The molecule has 128 valence electrons. The number of oxime groups is 1. The lowest BCUT2D eigenvalue weighted by atomic mass is 9.90. The van der Waals surface area contributed by atoms with Crippen molar-refractivity contribution in [3.63, 3.8) is 0 Å². The monoisotopic (exact) mass is 367 g/mol. The lowest BCUT2D eigenvalue weighted by Crippen LogP contribution is -2.19. The van der Waals surface area contributed by atoms with Crippen molar-refractivity contribution in [2.45, 2.75) is 32.6 Å². The van der Waals surface area contributed by atoms with Crippen molar-refractivity contribution in [2.75, 3.05) is 0 Å². The first-order valence-corrected chi connectivity index (χ1v) is 9.13. The van der Waals surface area contributed by atoms with Gasteiger partial charge in [0.15, 0.2) is 0 Å². The lowest BCUT2D eigenvalue weighted by molar-refractivity contribution is -0.112. The van der Waals surface area contributed by atoms with Gasteiger partial charge in [-0.05, 0) is 38.0 Å². The Bertz CT molecular complexity index is 862. The SMILES string of the molecule is CC1=C(Cl)C(=O)C(C(C)C)=CC1=NOS(=O)(=O)c1ccc(C)cc1. The molecule has 5 nitrogen and oxygen atoms in total. The van der Waals surface area contributed by atoms with E-state index in [0.717, 1.165) is 5.56 Å². The number of halogens is 1. The molecule has 0 bridgehead atoms. The highest BCUT2D eigenvalue weighted by atomic mass is 35.5. The van der Waals surface area contributed by atoms with Gasteiger partial charge in [-0.1, -0.05) is 48.3 Å². The van der Waals surface area contributed by atoms with E-state index in [-0.39, 0.29) is 27.3 Å². The van der Waals surface area contributed by atoms with Crippen LogP contribution in [0.3, 0.4) is 0 Å². The molecule has 0 unspecified atom stereocenters. The summed E-state index contributed by atoms with van der Waals surface area (Å²) >= 11 is 6.04. The largest absolute Gasteiger partial charge is 0.358 e. The summed E-state index contributed by atoms with van der Waals surface area (Å²) in [6.07, 6.45) is 1.51. The van der Waals surface area contributed by atoms with Gasteiger partial charge >= 0.3 is 10.1 Å². The van der Waals surface area contributed by atoms with Crippen LogP contribution < -0.4 is 0 Å². The van der Waals surface area contributed by atoms with Gasteiger partial charge in [0.1, 0.15) is 10.6 Å². The number of Topliss-reactive ketones (excluding diaryl/α,β-unsaturated/α-hetero) is 1. The predicted molar refractivity (Wildman–Crippen MR) is 93.4 cm³/mol. The van der Waals surface area contributed by atoms with Crippen molar-refractivity contribution >= 4 is 33.2 Å². The van der Waals surface area contributed by atoms with Crippen molar-refractivity contribution in [1.29, 1.82) is 0 Å². The quantitative estimate of drug-likeness (QED) is 0.600. The molecule has 0 fully saturated rings. The van der Waals surface area contributed by atoms with E-state index in [4.69, 9.17) is 15.9 Å². The summed E-state index contributed by atoms with van der Waals surface area (Å²) in [6.45, 7) is 7.13. The van der Waals surface area contributed by atoms with Gasteiger partial charge in [0.25, 0.3) is 0 Å². The van der Waals surface area contributed by atoms with Crippen LogP contribution in [0, 0.1) is 12.8 Å². The fourth-order valence-corrected chi connectivity index (χ4v) is 3.03. The Labute approximate surface area is 146 Å². The molecular weight excluding hydrogens is 350 g/mol. The number of ketones is 1. The van der Waals surface area contributed by atoms with Crippen LogP contribution in [0.2, 0.25) is 0 Å². The van der Waals surface area contributed by atoms with Gasteiger partial charge in [-0.3, -0.25) is 9.08 Å². The fourth-order valence-electron chi connectivity index (χ4n) is 2.09. The Balaban J connectivity index is 2.36. The molecule has 1 aliphatic carbocycles. The summed E-state index contributed by atoms with van der Waals surface area (Å²) in [7, 11) is -4.04. The smallest absolute Gasteiger partial charge is 0.288 e. The summed E-state index contributed by atoms with van der Waals surface area (Å²) in [5.41, 5.74) is 1.99. The summed E-state index contributed by atoms with van der Waals surface area (Å²) in [4.78, 5) is 12.1. The molecule has 1 aliphatic rings. The van der Waals surface area contributed by atoms with Crippen LogP contribution in [-0.2, 0) is 19.2 Å². The molecule has 0 spiro atoms. The number of rotatable bonds is 4. The highest BCUT2D eigenvalue weighted by Crippen LogP contribution is 2.27. The molecule has 2 rings (SSSR count). The zero-order valence-electron chi connectivity index (χ0n) is 13.8. The molecule has 24 heavy (non-hydrogen) atoms. The standard InChI is InChI=1S/C17H18ClNO4S/c1-10(2)14-9-15(12(4)16(18)17(14)20)19-23-24(21,22)13-7-5-11(3)6-8-13/h5-10H,1-4H3. The molecule has 0 amide bonds. The first-order valence-electron chi connectivity index (χ1n) is 7.35. The maximum atomic E-state index is 12.2. The fraction of sp³-hybridized carbons (Fsp3) is 0.294. The second kappa shape index (κ2) is 6.91. The van der Waals surface area contributed by atoms with Crippen molar-refractivity contribution in [2.24, 2.45) is 11.1 Å². The molecule has 1 aromatic carbocycles. The first-order chi connectivity index (χ1) is 11.1. The van der Waals surface area contributed by atoms with Crippen molar-refractivity contribution < 1.29 is 17.5 Å². The minimum absolute atomic E-state index is 0.00475. The second-order valence-electron chi connectivity index (χ2n) is 5.84. The zero-order chi connectivity index (χ0) is 18.1. The molecule has 0 radical (unpaired) electrons. The van der Waals surface area contributed by atoms with Crippen molar-refractivity contribution in [3.05, 3.63) is 52.1 Å². The van der Waals surface area contributed by atoms with Crippen molar-refractivity contribution in [1.82, 2.24) is 0 Å². The third kappa shape index (κ3) is 3.76. The predicted octanol–water partition coefficient (Wildman–Crippen LogP) is 3.73. The Hall–Kier alpha value is -1.92. The number of allylic oxidation sites excluding steroid dienone is 4. The van der Waals surface area contributed by atoms with E-state index in [1.165, 1.54) is 18.2 Å². The third-order valence-corrected chi connectivity index (χ3v) is 5.21. The summed E-state index contributed by atoms with van der Waals surface area (Å²) in [5, 5.41) is 3.73. The Morgan fingerprint density at radius 2 is 1.71 bits per heavy atom. The topological polar surface area (TPSA) is 72.8 Å². The Morgan fingerprint density at radius 1 is 1.12 bits per heavy atom. The number of hydrogen-bond donors (Lipinski definition) is 0. The molecule has 0 aromatic heterocycles. The average molecular weight is 368 g/mol. The number of nitrogens with zero attached hydrogens (tertiary/aromatic N) is 1.